The first kappa shape index (κ1) is 30.7. The molecule has 0 fully saturated rings. The van der Waals surface area contributed by atoms with Gasteiger partial charge in [-0.2, -0.15) is 0 Å². The molecule has 0 amide bonds. The molecule has 4 aromatic heterocycles. The zero-order valence-electron chi connectivity index (χ0n) is 30.0. The van der Waals surface area contributed by atoms with Gasteiger partial charge in [0.25, 0.3) is 0 Å². The zero-order chi connectivity index (χ0) is 36.7. The second-order valence-electron chi connectivity index (χ2n) is 14.3. The largest absolute Gasteiger partial charge is 0.455 e. The van der Waals surface area contributed by atoms with Gasteiger partial charge in [0.05, 0.1) is 33.1 Å². The molecule has 0 radical (unpaired) electrons. The van der Waals surface area contributed by atoms with E-state index in [0.29, 0.717) is 0 Å². The van der Waals surface area contributed by atoms with Crippen molar-refractivity contribution in [2.75, 3.05) is 0 Å². The van der Waals surface area contributed by atoms with Gasteiger partial charge in [-0.25, -0.2) is 4.68 Å². The summed E-state index contributed by atoms with van der Waals surface area (Å²) < 4.78 is 13.3. The molecule has 0 aliphatic rings. The summed E-state index contributed by atoms with van der Waals surface area (Å²) in [4.78, 5) is 0. The number of para-hydroxylation sites is 4. The number of nitrogens with zero attached hydrogens (tertiary/aromatic N) is 5. The third-order valence-electron chi connectivity index (χ3n) is 11.2. The lowest BCUT2D eigenvalue weighted by Crippen LogP contribution is -2.00. The fraction of sp³-hybridized carbons (Fsp3) is 0. The van der Waals surface area contributed by atoms with E-state index in [1.54, 1.807) is 0 Å². The predicted octanol–water partition coefficient (Wildman–Crippen LogP) is 12.7. The Labute approximate surface area is 320 Å². The van der Waals surface area contributed by atoms with Gasteiger partial charge in [0.15, 0.2) is 0 Å². The number of hydrogen-bond acceptors (Lipinski definition) is 3. The van der Waals surface area contributed by atoms with Crippen LogP contribution in [0.25, 0.3) is 105 Å². The van der Waals surface area contributed by atoms with Gasteiger partial charge in [-0.05, 0) is 72.8 Å². The first-order chi connectivity index (χ1) is 27.8. The van der Waals surface area contributed by atoms with Crippen LogP contribution in [0.5, 0.6) is 0 Å². The molecule has 12 rings (SSSR count). The molecule has 0 aliphatic heterocycles. The molecule has 0 unspecified atom stereocenters. The maximum absolute atomic E-state index is 6.58. The van der Waals surface area contributed by atoms with Crippen molar-refractivity contribution >= 4 is 65.6 Å². The van der Waals surface area contributed by atoms with Crippen LogP contribution in [0.15, 0.2) is 192 Å². The molecule has 6 heteroatoms. The van der Waals surface area contributed by atoms with Gasteiger partial charge in [-0.3, -0.25) is 0 Å². The second-order valence-corrected chi connectivity index (χ2v) is 14.3. The highest BCUT2D eigenvalue weighted by molar-refractivity contribution is 6.24. The Morgan fingerprint density at radius 1 is 0.393 bits per heavy atom. The molecule has 6 nitrogen and oxygen atoms in total. The van der Waals surface area contributed by atoms with Gasteiger partial charge in [0, 0.05) is 49.4 Å². The number of hydrogen-bond donors (Lipinski definition) is 0. The molecular weight excluding hydrogens is 687 g/mol. The highest BCUT2D eigenvalue weighted by Crippen LogP contribution is 2.42. The normalized spacial score (nSPS) is 11.9. The topological polar surface area (TPSA) is 53.7 Å². The quantitative estimate of drug-likeness (QED) is 0.178. The van der Waals surface area contributed by atoms with Gasteiger partial charge >= 0.3 is 0 Å². The van der Waals surface area contributed by atoms with Crippen LogP contribution in [0.2, 0.25) is 0 Å². The van der Waals surface area contributed by atoms with Crippen LogP contribution >= 0.6 is 0 Å². The number of furan rings is 1. The van der Waals surface area contributed by atoms with Crippen molar-refractivity contribution in [3.8, 4) is 39.6 Å². The van der Waals surface area contributed by atoms with Crippen molar-refractivity contribution < 1.29 is 4.42 Å². The Hall–Kier alpha value is -7.70. The van der Waals surface area contributed by atoms with E-state index in [2.05, 4.69) is 155 Å². The van der Waals surface area contributed by atoms with E-state index in [9.17, 15) is 0 Å². The third kappa shape index (κ3) is 4.44. The molecule has 0 N–H and O–H groups in total. The van der Waals surface area contributed by atoms with Crippen LogP contribution in [0.4, 0.5) is 0 Å². The minimum Gasteiger partial charge on any atom is -0.455 e. The van der Waals surface area contributed by atoms with E-state index in [1.807, 2.05) is 47.1 Å². The lowest BCUT2D eigenvalue weighted by atomic mass is 10.0. The summed E-state index contributed by atoms with van der Waals surface area (Å²) in [7, 11) is 0. The molecule has 56 heavy (non-hydrogen) atoms. The van der Waals surface area contributed by atoms with Crippen LogP contribution in [-0.2, 0) is 0 Å². The van der Waals surface area contributed by atoms with Crippen molar-refractivity contribution in [3.05, 3.63) is 188 Å². The monoisotopic (exact) mass is 717 g/mol. The van der Waals surface area contributed by atoms with Crippen molar-refractivity contribution in [1.82, 2.24) is 24.1 Å². The summed E-state index contributed by atoms with van der Waals surface area (Å²) in [5.41, 5.74) is 13.3. The van der Waals surface area contributed by atoms with Crippen LogP contribution in [-0.4, -0.2) is 24.1 Å². The van der Waals surface area contributed by atoms with Crippen molar-refractivity contribution in [2.24, 2.45) is 0 Å². The highest BCUT2D eigenvalue weighted by atomic mass is 16.3. The van der Waals surface area contributed by atoms with E-state index in [0.717, 1.165) is 94.4 Å². The Balaban J connectivity index is 1.07. The molecular formula is C50H31N5O. The summed E-state index contributed by atoms with van der Waals surface area (Å²) in [5, 5.41) is 16.3. The van der Waals surface area contributed by atoms with Crippen LogP contribution in [0, 0.1) is 0 Å². The molecule has 0 bridgehead atoms. The minimum absolute atomic E-state index is 0.844. The number of aromatic nitrogens is 5. The van der Waals surface area contributed by atoms with E-state index in [-0.39, 0.29) is 0 Å². The van der Waals surface area contributed by atoms with E-state index in [4.69, 9.17) is 14.7 Å². The SMILES string of the molecule is c1ccc(-c2nnn(-c3ccccc3)c2-c2ccc3c(c2)c2ccccc2n3-c2cccc(-n3c4ccccc4c4c5oc6ccccc6c5ccc43)c2)cc1. The average Bonchev–Trinajstić information content (AvgIpc) is 4.03. The summed E-state index contributed by atoms with van der Waals surface area (Å²) >= 11 is 0. The van der Waals surface area contributed by atoms with Gasteiger partial charge < -0.3 is 13.6 Å². The number of rotatable bonds is 5. The van der Waals surface area contributed by atoms with Crippen molar-refractivity contribution in [2.45, 2.75) is 0 Å². The Bertz CT molecular complexity index is 3420. The predicted molar refractivity (Wildman–Crippen MR) is 228 cm³/mol. The lowest BCUT2D eigenvalue weighted by Gasteiger charge is -2.13. The number of fused-ring (bicyclic) bond motifs is 10. The second kappa shape index (κ2) is 11.9. The smallest absolute Gasteiger partial charge is 0.145 e. The summed E-state index contributed by atoms with van der Waals surface area (Å²) in [5.74, 6) is 0. The molecule has 0 spiro atoms. The van der Waals surface area contributed by atoms with Gasteiger partial charge in [-0.15, -0.1) is 5.10 Å². The molecule has 12 aromatic rings. The maximum Gasteiger partial charge on any atom is 0.145 e. The van der Waals surface area contributed by atoms with Crippen LogP contribution < -0.4 is 0 Å². The molecule has 0 saturated carbocycles. The molecule has 0 saturated heterocycles. The molecule has 0 aliphatic carbocycles. The maximum atomic E-state index is 6.58. The van der Waals surface area contributed by atoms with Crippen molar-refractivity contribution in [3.63, 3.8) is 0 Å². The first-order valence-corrected chi connectivity index (χ1v) is 18.8. The molecule has 8 aromatic carbocycles. The van der Waals surface area contributed by atoms with Crippen LogP contribution in [0.1, 0.15) is 0 Å². The Morgan fingerprint density at radius 3 is 1.80 bits per heavy atom. The molecule has 4 heterocycles. The summed E-state index contributed by atoms with van der Waals surface area (Å²) in [6, 6.07) is 66.2. The summed E-state index contributed by atoms with van der Waals surface area (Å²) in [6.45, 7) is 0. The van der Waals surface area contributed by atoms with E-state index >= 15 is 0 Å². The van der Waals surface area contributed by atoms with E-state index < -0.39 is 0 Å². The molecule has 262 valence electrons. The third-order valence-corrected chi connectivity index (χ3v) is 11.2. The minimum atomic E-state index is 0.844. The highest BCUT2D eigenvalue weighted by Gasteiger charge is 2.22. The number of benzene rings is 8. The standard InChI is InChI=1S/C50H31N5O/c1-3-14-32(15-4-1)48-49(55(52-51-48)34-16-5-2-6-17-34)33-26-28-44-41(30-33)37-20-7-10-23-42(37)53(44)35-18-13-19-36(31-35)54-43-24-11-8-22-40(43)47-45(54)29-27-39-38-21-9-12-25-46(38)56-50(39)47/h1-31H. The average molecular weight is 718 g/mol. The van der Waals surface area contributed by atoms with Gasteiger partial charge in [-0.1, -0.05) is 120 Å². The first-order valence-electron chi connectivity index (χ1n) is 18.8. The van der Waals surface area contributed by atoms with Gasteiger partial charge in [0.2, 0.25) is 0 Å². The lowest BCUT2D eigenvalue weighted by molar-refractivity contribution is 0.673. The van der Waals surface area contributed by atoms with Crippen LogP contribution in [0.3, 0.4) is 0 Å². The summed E-state index contributed by atoms with van der Waals surface area (Å²) in [6.07, 6.45) is 0. The fourth-order valence-corrected chi connectivity index (χ4v) is 8.76. The van der Waals surface area contributed by atoms with Gasteiger partial charge in [0.1, 0.15) is 22.6 Å². The Morgan fingerprint density at radius 2 is 1.00 bits per heavy atom. The van der Waals surface area contributed by atoms with Crippen molar-refractivity contribution in [1.29, 1.82) is 0 Å². The Kier molecular flexibility index (Phi) is 6.53. The molecule has 0 atom stereocenters. The fourth-order valence-electron chi connectivity index (χ4n) is 8.76. The zero-order valence-corrected chi connectivity index (χ0v) is 30.0. The van der Waals surface area contributed by atoms with E-state index in [1.165, 1.54) is 10.8 Å².